The van der Waals surface area contributed by atoms with Crippen LogP contribution < -0.4 is 0 Å². The van der Waals surface area contributed by atoms with Crippen LogP contribution in [0, 0.1) is 0 Å². The molecular weight excluding hydrogens is 284 g/mol. The number of carbonyl (C=O) groups excluding carboxylic acids is 2. The molecule has 0 fully saturated rings. The third kappa shape index (κ3) is 5.24. The number of ketones is 2. The first-order valence-corrected chi connectivity index (χ1v) is 6.31. The summed E-state index contributed by atoms with van der Waals surface area (Å²) in [6, 6.07) is 7.00. The van der Waals surface area contributed by atoms with Gasteiger partial charge in [-0.25, -0.2) is 0 Å². The second-order valence-corrected chi connectivity index (χ2v) is 4.51. The first-order chi connectivity index (χ1) is 8.13. The van der Waals surface area contributed by atoms with Gasteiger partial charge in [0.15, 0.2) is 5.78 Å². The molecule has 0 radical (unpaired) electrons. The summed E-state index contributed by atoms with van der Waals surface area (Å²) in [7, 11) is 0. The summed E-state index contributed by atoms with van der Waals surface area (Å²) in [5.74, 6) is -0.217. The standard InChI is InChI=1S/C13H15BrO3/c1-2-17-8-7-12(15)9-13(16)10-3-5-11(14)6-4-10/h3-6H,2,7-9H2,1H3. The molecule has 1 rings (SSSR count). The smallest absolute Gasteiger partial charge is 0.170 e. The summed E-state index contributed by atoms with van der Waals surface area (Å²) in [6.07, 6.45) is 0.255. The molecule has 0 aliphatic heterocycles. The molecule has 0 saturated heterocycles. The number of halogens is 1. The minimum atomic E-state index is -0.140. The molecule has 1 aromatic rings. The van der Waals surface area contributed by atoms with Crippen LogP contribution in [0.4, 0.5) is 0 Å². The Labute approximate surface area is 109 Å². The monoisotopic (exact) mass is 298 g/mol. The van der Waals surface area contributed by atoms with Crippen LogP contribution in [0.2, 0.25) is 0 Å². The van der Waals surface area contributed by atoms with Crippen LogP contribution in [0.3, 0.4) is 0 Å². The molecule has 17 heavy (non-hydrogen) atoms. The highest BCUT2D eigenvalue weighted by molar-refractivity contribution is 9.10. The molecule has 1 aromatic carbocycles. The number of ether oxygens (including phenoxy) is 1. The number of rotatable bonds is 7. The fourth-order valence-electron chi connectivity index (χ4n) is 1.34. The van der Waals surface area contributed by atoms with Crippen LogP contribution in [0.15, 0.2) is 28.7 Å². The molecule has 0 aliphatic carbocycles. The van der Waals surface area contributed by atoms with E-state index < -0.39 is 0 Å². The van der Waals surface area contributed by atoms with Gasteiger partial charge in [-0.3, -0.25) is 9.59 Å². The molecule has 4 heteroatoms. The highest BCUT2D eigenvalue weighted by Crippen LogP contribution is 2.12. The fourth-order valence-corrected chi connectivity index (χ4v) is 1.60. The van der Waals surface area contributed by atoms with Gasteiger partial charge in [-0.15, -0.1) is 0 Å². The molecule has 3 nitrogen and oxygen atoms in total. The van der Waals surface area contributed by atoms with E-state index in [1.807, 2.05) is 6.92 Å². The molecule has 0 spiro atoms. The van der Waals surface area contributed by atoms with E-state index in [0.29, 0.717) is 25.2 Å². The molecule has 0 amide bonds. The van der Waals surface area contributed by atoms with Crippen LogP contribution in [0.1, 0.15) is 30.1 Å². The highest BCUT2D eigenvalue weighted by Gasteiger charge is 2.11. The Kier molecular flexibility index (Phi) is 6.08. The van der Waals surface area contributed by atoms with E-state index in [-0.39, 0.29) is 18.0 Å². The number of hydrogen-bond acceptors (Lipinski definition) is 3. The summed E-state index contributed by atoms with van der Waals surface area (Å²) in [5, 5.41) is 0. The number of benzene rings is 1. The lowest BCUT2D eigenvalue weighted by atomic mass is 10.1. The molecular formula is C13H15BrO3. The van der Waals surface area contributed by atoms with Crippen molar-refractivity contribution < 1.29 is 14.3 Å². The normalized spacial score (nSPS) is 10.2. The first kappa shape index (κ1) is 14.1. The molecule has 0 aromatic heterocycles. The zero-order valence-corrected chi connectivity index (χ0v) is 11.3. The maximum absolute atomic E-state index is 11.7. The van der Waals surface area contributed by atoms with Gasteiger partial charge in [0, 0.05) is 23.1 Å². The van der Waals surface area contributed by atoms with Crippen molar-refractivity contribution >= 4 is 27.5 Å². The average molecular weight is 299 g/mol. The Hall–Kier alpha value is -1.000. The largest absolute Gasteiger partial charge is 0.381 e. The van der Waals surface area contributed by atoms with Crippen molar-refractivity contribution in [2.75, 3.05) is 13.2 Å². The SMILES string of the molecule is CCOCCC(=O)CC(=O)c1ccc(Br)cc1. The van der Waals surface area contributed by atoms with Crippen LogP contribution in [0.5, 0.6) is 0 Å². The number of hydrogen-bond donors (Lipinski definition) is 0. The molecule has 0 saturated carbocycles. The van der Waals surface area contributed by atoms with Crippen molar-refractivity contribution in [3.8, 4) is 0 Å². The van der Waals surface area contributed by atoms with E-state index in [0.717, 1.165) is 4.47 Å². The Balaban J connectivity index is 2.43. The summed E-state index contributed by atoms with van der Waals surface area (Å²) >= 11 is 3.29. The zero-order chi connectivity index (χ0) is 12.7. The summed E-state index contributed by atoms with van der Waals surface area (Å²) in [6.45, 7) is 2.86. The van der Waals surface area contributed by atoms with Gasteiger partial charge in [0.05, 0.1) is 13.0 Å². The second-order valence-electron chi connectivity index (χ2n) is 3.59. The average Bonchev–Trinajstić information content (AvgIpc) is 2.30. The Morgan fingerprint density at radius 2 is 1.88 bits per heavy atom. The molecule has 0 heterocycles. The van der Waals surface area contributed by atoms with Gasteiger partial charge in [0.1, 0.15) is 5.78 Å². The number of Topliss-reactive ketones (excluding diaryl/α,β-unsaturated/α-hetero) is 2. The van der Waals surface area contributed by atoms with Gasteiger partial charge < -0.3 is 4.74 Å². The molecule has 0 unspecified atom stereocenters. The van der Waals surface area contributed by atoms with Gasteiger partial charge in [-0.05, 0) is 19.1 Å². The maximum atomic E-state index is 11.7. The Bertz CT molecular complexity index is 384. The van der Waals surface area contributed by atoms with Crippen LogP contribution in [0.25, 0.3) is 0 Å². The lowest BCUT2D eigenvalue weighted by Crippen LogP contribution is -2.10. The lowest BCUT2D eigenvalue weighted by molar-refractivity contribution is -0.119. The minimum Gasteiger partial charge on any atom is -0.381 e. The molecule has 0 N–H and O–H groups in total. The first-order valence-electron chi connectivity index (χ1n) is 5.51. The summed E-state index contributed by atoms with van der Waals surface area (Å²) in [4.78, 5) is 23.2. The van der Waals surface area contributed by atoms with Gasteiger partial charge in [-0.2, -0.15) is 0 Å². The predicted molar refractivity (Wildman–Crippen MR) is 69.2 cm³/mol. The third-order valence-electron chi connectivity index (χ3n) is 2.25. The zero-order valence-electron chi connectivity index (χ0n) is 9.74. The van der Waals surface area contributed by atoms with Crippen LogP contribution >= 0.6 is 15.9 Å². The van der Waals surface area contributed by atoms with Crippen molar-refractivity contribution in [2.24, 2.45) is 0 Å². The molecule has 0 aliphatic rings. The molecule has 92 valence electrons. The fraction of sp³-hybridized carbons (Fsp3) is 0.385. The van der Waals surface area contributed by atoms with Crippen molar-refractivity contribution in [3.05, 3.63) is 34.3 Å². The predicted octanol–water partition coefficient (Wildman–Crippen LogP) is 3.02. The van der Waals surface area contributed by atoms with E-state index in [4.69, 9.17) is 4.74 Å². The van der Waals surface area contributed by atoms with E-state index in [1.165, 1.54) is 0 Å². The highest BCUT2D eigenvalue weighted by atomic mass is 79.9. The van der Waals surface area contributed by atoms with Gasteiger partial charge >= 0.3 is 0 Å². The van der Waals surface area contributed by atoms with Crippen LogP contribution in [-0.2, 0) is 9.53 Å². The van der Waals surface area contributed by atoms with E-state index >= 15 is 0 Å². The van der Waals surface area contributed by atoms with Crippen molar-refractivity contribution in [2.45, 2.75) is 19.8 Å². The Morgan fingerprint density at radius 1 is 1.24 bits per heavy atom. The van der Waals surface area contributed by atoms with Gasteiger partial charge in [0.2, 0.25) is 0 Å². The summed E-state index contributed by atoms with van der Waals surface area (Å²) in [5.41, 5.74) is 0.568. The second kappa shape index (κ2) is 7.35. The third-order valence-corrected chi connectivity index (χ3v) is 2.78. The van der Waals surface area contributed by atoms with E-state index in [9.17, 15) is 9.59 Å². The van der Waals surface area contributed by atoms with Crippen molar-refractivity contribution in [3.63, 3.8) is 0 Å². The Morgan fingerprint density at radius 3 is 2.47 bits per heavy atom. The summed E-state index contributed by atoms with van der Waals surface area (Å²) < 4.78 is 5.98. The molecule has 0 bridgehead atoms. The quantitative estimate of drug-likeness (QED) is 0.441. The maximum Gasteiger partial charge on any atom is 0.170 e. The van der Waals surface area contributed by atoms with Crippen molar-refractivity contribution in [1.29, 1.82) is 0 Å². The number of carbonyl (C=O) groups is 2. The lowest BCUT2D eigenvalue weighted by Gasteiger charge is -2.02. The van der Waals surface area contributed by atoms with E-state index in [1.54, 1.807) is 24.3 Å². The van der Waals surface area contributed by atoms with Crippen LogP contribution in [-0.4, -0.2) is 24.8 Å². The van der Waals surface area contributed by atoms with Crippen molar-refractivity contribution in [1.82, 2.24) is 0 Å². The van der Waals surface area contributed by atoms with Gasteiger partial charge in [0.25, 0.3) is 0 Å². The topological polar surface area (TPSA) is 43.4 Å². The minimum absolute atomic E-state index is 0.0469. The van der Waals surface area contributed by atoms with Gasteiger partial charge in [-0.1, -0.05) is 28.1 Å². The molecule has 0 atom stereocenters. The van der Waals surface area contributed by atoms with E-state index in [2.05, 4.69) is 15.9 Å².